The van der Waals surface area contributed by atoms with Crippen molar-refractivity contribution in [3.8, 4) is 5.75 Å². The maximum absolute atomic E-state index is 13.1. The molecule has 1 heterocycles. The molecule has 1 aliphatic heterocycles. The SMILES string of the molecule is Cc1ccc(C(C)C)c(OC(C)C(=O)N2C[C@@H](C(F)(F)F)[C@H](C(=O)O)C2)c1. The van der Waals surface area contributed by atoms with Crippen molar-refractivity contribution in [1.82, 2.24) is 4.90 Å². The molecule has 150 valence electrons. The van der Waals surface area contributed by atoms with Gasteiger partial charge in [-0.25, -0.2) is 0 Å². The fourth-order valence-corrected chi connectivity index (χ4v) is 3.28. The number of alkyl halides is 3. The Hall–Kier alpha value is -2.25. The zero-order valence-corrected chi connectivity index (χ0v) is 15.7. The number of hydrogen-bond acceptors (Lipinski definition) is 3. The van der Waals surface area contributed by atoms with E-state index in [4.69, 9.17) is 9.84 Å². The molecule has 1 N–H and O–H groups in total. The van der Waals surface area contributed by atoms with Gasteiger partial charge in [0.2, 0.25) is 0 Å². The summed E-state index contributed by atoms with van der Waals surface area (Å²) in [5.41, 5.74) is 1.82. The number of carboxylic acids is 1. The van der Waals surface area contributed by atoms with Gasteiger partial charge in [-0.05, 0) is 37.0 Å². The molecular formula is C19H24F3NO4. The van der Waals surface area contributed by atoms with Crippen LogP contribution in [0, 0.1) is 18.8 Å². The molecule has 1 aromatic rings. The molecule has 0 bridgehead atoms. The molecule has 1 aromatic carbocycles. The number of hydrogen-bond donors (Lipinski definition) is 1. The Balaban J connectivity index is 2.17. The quantitative estimate of drug-likeness (QED) is 0.838. The smallest absolute Gasteiger partial charge is 0.394 e. The average Bonchev–Trinajstić information content (AvgIpc) is 2.99. The van der Waals surface area contributed by atoms with Crippen molar-refractivity contribution in [2.75, 3.05) is 13.1 Å². The molecule has 0 radical (unpaired) electrons. The monoisotopic (exact) mass is 387 g/mol. The number of nitrogens with zero attached hydrogens (tertiary/aromatic N) is 1. The third-order valence-corrected chi connectivity index (χ3v) is 4.81. The second-order valence-corrected chi connectivity index (χ2v) is 7.29. The summed E-state index contributed by atoms with van der Waals surface area (Å²) in [4.78, 5) is 24.7. The highest BCUT2D eigenvalue weighted by atomic mass is 19.4. The number of carboxylic acid groups (broad SMARTS) is 1. The molecule has 1 unspecified atom stereocenters. The van der Waals surface area contributed by atoms with Gasteiger partial charge in [0.1, 0.15) is 5.75 Å². The molecule has 27 heavy (non-hydrogen) atoms. The number of rotatable bonds is 5. The lowest BCUT2D eigenvalue weighted by molar-refractivity contribution is -0.188. The number of aryl methyl sites for hydroxylation is 1. The Morgan fingerprint density at radius 3 is 2.33 bits per heavy atom. The minimum absolute atomic E-state index is 0.140. The van der Waals surface area contributed by atoms with Crippen LogP contribution < -0.4 is 4.74 Å². The number of ether oxygens (including phenoxy) is 1. The van der Waals surface area contributed by atoms with Crippen molar-refractivity contribution < 1.29 is 32.6 Å². The Kier molecular flexibility index (Phi) is 6.07. The van der Waals surface area contributed by atoms with Gasteiger partial charge in [0.05, 0.1) is 11.8 Å². The maximum atomic E-state index is 13.1. The Morgan fingerprint density at radius 1 is 1.22 bits per heavy atom. The third kappa shape index (κ3) is 4.73. The van der Waals surface area contributed by atoms with E-state index >= 15 is 0 Å². The number of halogens is 3. The van der Waals surface area contributed by atoms with E-state index in [1.165, 1.54) is 6.92 Å². The highest BCUT2D eigenvalue weighted by Crippen LogP contribution is 2.38. The molecule has 1 aliphatic rings. The summed E-state index contributed by atoms with van der Waals surface area (Å²) in [6.07, 6.45) is -5.70. The van der Waals surface area contributed by atoms with E-state index in [0.717, 1.165) is 16.0 Å². The molecule has 5 nitrogen and oxygen atoms in total. The van der Waals surface area contributed by atoms with Crippen molar-refractivity contribution in [2.24, 2.45) is 11.8 Å². The molecule has 8 heteroatoms. The van der Waals surface area contributed by atoms with E-state index < -0.39 is 49.1 Å². The van der Waals surface area contributed by atoms with Crippen molar-refractivity contribution in [3.05, 3.63) is 29.3 Å². The summed E-state index contributed by atoms with van der Waals surface area (Å²) >= 11 is 0. The molecule has 3 atom stereocenters. The molecule has 2 rings (SSSR count). The Labute approximate surface area is 156 Å². The van der Waals surface area contributed by atoms with E-state index in [9.17, 15) is 22.8 Å². The van der Waals surface area contributed by atoms with Gasteiger partial charge in [0, 0.05) is 13.1 Å². The number of aliphatic carboxylic acids is 1. The van der Waals surface area contributed by atoms with E-state index in [1.807, 2.05) is 32.9 Å². The Bertz CT molecular complexity index is 717. The highest BCUT2D eigenvalue weighted by Gasteiger charge is 2.53. The summed E-state index contributed by atoms with van der Waals surface area (Å²) in [5, 5.41) is 9.08. The summed E-state index contributed by atoms with van der Waals surface area (Å²) in [7, 11) is 0. The number of amides is 1. The first kappa shape index (κ1) is 21.1. The molecule has 0 spiro atoms. The van der Waals surface area contributed by atoms with Crippen LogP contribution in [0.15, 0.2) is 18.2 Å². The fraction of sp³-hybridized carbons (Fsp3) is 0.579. The van der Waals surface area contributed by atoms with E-state index in [1.54, 1.807) is 6.07 Å². The molecule has 0 saturated carbocycles. The van der Waals surface area contributed by atoms with E-state index in [-0.39, 0.29) is 5.92 Å². The predicted octanol–water partition coefficient (Wildman–Crippen LogP) is 3.61. The third-order valence-electron chi connectivity index (χ3n) is 4.81. The highest BCUT2D eigenvalue weighted by molar-refractivity contribution is 5.82. The van der Waals surface area contributed by atoms with Gasteiger partial charge in [0.15, 0.2) is 6.10 Å². The van der Waals surface area contributed by atoms with E-state index in [0.29, 0.717) is 5.75 Å². The average molecular weight is 387 g/mol. The van der Waals surface area contributed by atoms with E-state index in [2.05, 4.69) is 0 Å². The topological polar surface area (TPSA) is 66.8 Å². The van der Waals surface area contributed by atoms with Gasteiger partial charge in [-0.15, -0.1) is 0 Å². The zero-order chi connectivity index (χ0) is 20.5. The summed E-state index contributed by atoms with van der Waals surface area (Å²) in [6, 6.07) is 5.59. The summed E-state index contributed by atoms with van der Waals surface area (Å²) < 4.78 is 45.1. The number of carbonyl (C=O) groups is 2. The van der Waals surface area contributed by atoms with Gasteiger partial charge in [-0.3, -0.25) is 9.59 Å². The lowest BCUT2D eigenvalue weighted by Crippen LogP contribution is -2.40. The van der Waals surface area contributed by atoms with Crippen molar-refractivity contribution in [1.29, 1.82) is 0 Å². The predicted molar refractivity (Wildman–Crippen MR) is 92.6 cm³/mol. The normalized spacial score (nSPS) is 21.4. The van der Waals surface area contributed by atoms with Crippen LogP contribution in [0.1, 0.15) is 37.8 Å². The summed E-state index contributed by atoms with van der Waals surface area (Å²) in [5.74, 6) is -5.29. The number of benzene rings is 1. The molecule has 1 fully saturated rings. The Morgan fingerprint density at radius 2 is 1.85 bits per heavy atom. The standard InChI is InChI=1S/C19H24F3NO4/c1-10(2)13-6-5-11(3)7-16(13)27-12(4)17(24)23-8-14(18(25)26)15(9-23)19(20,21)22/h5-7,10,12,14-15H,8-9H2,1-4H3,(H,25,26)/t12?,14-,15-/m1/s1. The van der Waals surface area contributed by atoms with Gasteiger partial charge >= 0.3 is 12.1 Å². The first-order valence-electron chi connectivity index (χ1n) is 8.77. The minimum Gasteiger partial charge on any atom is -0.481 e. The van der Waals surface area contributed by atoms with Crippen LogP contribution in [0.3, 0.4) is 0 Å². The second kappa shape index (κ2) is 7.78. The minimum atomic E-state index is -4.68. The van der Waals surface area contributed by atoms with Gasteiger partial charge in [-0.2, -0.15) is 13.2 Å². The van der Waals surface area contributed by atoms with Gasteiger partial charge in [0.25, 0.3) is 5.91 Å². The second-order valence-electron chi connectivity index (χ2n) is 7.29. The summed E-state index contributed by atoms with van der Waals surface area (Å²) in [6.45, 7) is 6.13. The van der Waals surface area contributed by atoms with Crippen LogP contribution in [0.4, 0.5) is 13.2 Å². The van der Waals surface area contributed by atoms with Crippen molar-refractivity contribution >= 4 is 11.9 Å². The van der Waals surface area contributed by atoms with Gasteiger partial charge < -0.3 is 14.7 Å². The lowest BCUT2D eigenvalue weighted by atomic mass is 9.96. The van der Waals surface area contributed by atoms with Crippen LogP contribution in [-0.4, -0.2) is 47.3 Å². The van der Waals surface area contributed by atoms with Crippen molar-refractivity contribution in [2.45, 2.75) is 45.9 Å². The molecule has 0 aromatic heterocycles. The number of likely N-dealkylation sites (tertiary alicyclic amines) is 1. The van der Waals surface area contributed by atoms with Crippen LogP contribution >= 0.6 is 0 Å². The van der Waals surface area contributed by atoms with Gasteiger partial charge in [-0.1, -0.05) is 26.0 Å². The zero-order valence-electron chi connectivity index (χ0n) is 15.7. The molecule has 1 amide bonds. The van der Waals surface area contributed by atoms with Crippen LogP contribution in [0.5, 0.6) is 5.75 Å². The largest absolute Gasteiger partial charge is 0.481 e. The molecule has 1 saturated heterocycles. The fourth-order valence-electron chi connectivity index (χ4n) is 3.28. The first-order valence-corrected chi connectivity index (χ1v) is 8.77. The maximum Gasteiger partial charge on any atom is 0.394 e. The lowest BCUT2D eigenvalue weighted by Gasteiger charge is -2.24. The number of carbonyl (C=O) groups excluding carboxylic acids is 1. The van der Waals surface area contributed by atoms with Crippen molar-refractivity contribution in [3.63, 3.8) is 0 Å². The van der Waals surface area contributed by atoms with Crippen LogP contribution in [-0.2, 0) is 9.59 Å². The van der Waals surface area contributed by atoms with Crippen LogP contribution in [0.25, 0.3) is 0 Å². The van der Waals surface area contributed by atoms with Crippen LogP contribution in [0.2, 0.25) is 0 Å². The molecular weight excluding hydrogens is 363 g/mol. The molecule has 0 aliphatic carbocycles. The first-order chi connectivity index (χ1) is 12.4.